The molecule has 1 saturated heterocycles. The maximum atomic E-state index is 13.0. The van der Waals surface area contributed by atoms with E-state index in [9.17, 15) is 14.7 Å². The lowest BCUT2D eigenvalue weighted by molar-refractivity contribution is -0.140. The number of benzene rings is 2. The molecule has 31 heavy (non-hydrogen) atoms. The number of hydrogen-bond donors (Lipinski definition) is 1. The van der Waals surface area contributed by atoms with E-state index in [2.05, 4.69) is 0 Å². The van der Waals surface area contributed by atoms with Crippen LogP contribution in [0.2, 0.25) is 5.02 Å². The van der Waals surface area contributed by atoms with E-state index in [1.54, 1.807) is 12.1 Å². The predicted molar refractivity (Wildman–Crippen MR) is 120 cm³/mol. The van der Waals surface area contributed by atoms with Gasteiger partial charge in [-0.05, 0) is 35.9 Å². The molecule has 0 aliphatic carbocycles. The molecule has 0 aromatic heterocycles. The number of ether oxygens (including phenoxy) is 2. The van der Waals surface area contributed by atoms with E-state index in [-0.39, 0.29) is 30.0 Å². The SMILES string of the molecule is COCCN1C(=O)C(=O)/C(=C(/O)c2cc(Cl)ccc2OC)C1c1ccc(N(C)C)cc1. The fourth-order valence-corrected chi connectivity index (χ4v) is 3.78. The summed E-state index contributed by atoms with van der Waals surface area (Å²) in [5.41, 5.74) is 1.89. The minimum absolute atomic E-state index is 0.0146. The number of likely N-dealkylation sites (tertiary alicyclic amines) is 1. The first-order valence-electron chi connectivity index (χ1n) is 9.68. The van der Waals surface area contributed by atoms with Crippen molar-refractivity contribution in [3.63, 3.8) is 0 Å². The van der Waals surface area contributed by atoms with E-state index in [4.69, 9.17) is 21.1 Å². The second-order valence-corrected chi connectivity index (χ2v) is 7.75. The van der Waals surface area contributed by atoms with Gasteiger partial charge in [0.1, 0.15) is 11.5 Å². The first kappa shape index (κ1) is 22.7. The van der Waals surface area contributed by atoms with Gasteiger partial charge in [0.15, 0.2) is 0 Å². The number of methoxy groups -OCH3 is 2. The molecule has 1 N–H and O–H groups in total. The van der Waals surface area contributed by atoms with Crippen LogP contribution in [0.25, 0.3) is 5.76 Å². The maximum Gasteiger partial charge on any atom is 0.295 e. The van der Waals surface area contributed by atoms with Crippen LogP contribution in [-0.2, 0) is 14.3 Å². The minimum Gasteiger partial charge on any atom is -0.507 e. The number of halogens is 1. The first-order valence-corrected chi connectivity index (χ1v) is 10.1. The van der Waals surface area contributed by atoms with Crippen LogP contribution in [0.4, 0.5) is 5.69 Å². The summed E-state index contributed by atoms with van der Waals surface area (Å²) in [6.07, 6.45) is 0. The first-order chi connectivity index (χ1) is 14.8. The van der Waals surface area contributed by atoms with E-state index >= 15 is 0 Å². The zero-order valence-corrected chi connectivity index (χ0v) is 18.6. The highest BCUT2D eigenvalue weighted by Gasteiger charge is 2.46. The van der Waals surface area contributed by atoms with Crippen LogP contribution >= 0.6 is 11.6 Å². The molecule has 8 heteroatoms. The number of carbonyl (C=O) groups excluding carboxylic acids is 2. The lowest BCUT2D eigenvalue weighted by Gasteiger charge is -2.25. The van der Waals surface area contributed by atoms with E-state index in [1.807, 2.05) is 43.3 Å². The molecule has 1 fully saturated rings. The molecule has 0 bridgehead atoms. The molecule has 0 saturated carbocycles. The van der Waals surface area contributed by atoms with Gasteiger partial charge in [-0.25, -0.2) is 0 Å². The van der Waals surface area contributed by atoms with Crippen molar-refractivity contribution < 1.29 is 24.2 Å². The van der Waals surface area contributed by atoms with Gasteiger partial charge in [0.2, 0.25) is 0 Å². The van der Waals surface area contributed by atoms with Gasteiger partial charge in [0, 0.05) is 38.5 Å². The number of amides is 1. The second kappa shape index (κ2) is 9.41. The molecule has 1 unspecified atom stereocenters. The fraction of sp³-hybridized carbons (Fsp3) is 0.304. The van der Waals surface area contributed by atoms with Gasteiger partial charge in [-0.15, -0.1) is 0 Å². The third kappa shape index (κ3) is 4.38. The smallest absolute Gasteiger partial charge is 0.295 e. The normalized spacial score (nSPS) is 17.8. The summed E-state index contributed by atoms with van der Waals surface area (Å²) in [5.74, 6) is -1.45. The van der Waals surface area contributed by atoms with Gasteiger partial charge in [-0.3, -0.25) is 9.59 Å². The van der Waals surface area contributed by atoms with Gasteiger partial charge < -0.3 is 24.4 Å². The Bertz CT molecular complexity index is 1020. The van der Waals surface area contributed by atoms with Crippen molar-refractivity contribution >= 4 is 34.7 Å². The quantitative estimate of drug-likeness (QED) is 0.400. The van der Waals surface area contributed by atoms with E-state index in [1.165, 1.54) is 25.2 Å². The monoisotopic (exact) mass is 444 g/mol. The molecule has 0 spiro atoms. The molecule has 1 atom stereocenters. The molecule has 1 aliphatic heterocycles. The van der Waals surface area contributed by atoms with Crippen LogP contribution in [0.15, 0.2) is 48.0 Å². The zero-order valence-electron chi connectivity index (χ0n) is 17.9. The number of hydrogen-bond acceptors (Lipinski definition) is 6. The number of ketones is 1. The average molecular weight is 445 g/mol. The number of aliphatic hydroxyl groups is 1. The summed E-state index contributed by atoms with van der Waals surface area (Å²) in [7, 11) is 6.82. The van der Waals surface area contributed by atoms with E-state index in [0.717, 1.165) is 5.69 Å². The Labute approximate surface area is 186 Å². The molecular formula is C23H25ClN2O5. The van der Waals surface area contributed by atoms with Crippen molar-refractivity contribution in [1.82, 2.24) is 4.90 Å². The Hall–Kier alpha value is -3.03. The second-order valence-electron chi connectivity index (χ2n) is 7.32. The maximum absolute atomic E-state index is 13.0. The number of rotatable bonds is 7. The third-order valence-electron chi connectivity index (χ3n) is 5.22. The molecule has 1 aliphatic rings. The van der Waals surface area contributed by atoms with Gasteiger partial charge in [0.05, 0.1) is 30.9 Å². The van der Waals surface area contributed by atoms with E-state index in [0.29, 0.717) is 16.3 Å². The summed E-state index contributed by atoms with van der Waals surface area (Å²) in [6.45, 7) is 0.449. The summed E-state index contributed by atoms with van der Waals surface area (Å²) in [4.78, 5) is 29.2. The topological polar surface area (TPSA) is 79.3 Å². The highest BCUT2D eigenvalue weighted by atomic mass is 35.5. The molecule has 1 heterocycles. The molecule has 2 aromatic carbocycles. The predicted octanol–water partition coefficient (Wildman–Crippen LogP) is 3.48. The Morgan fingerprint density at radius 2 is 1.81 bits per heavy atom. The Morgan fingerprint density at radius 1 is 1.13 bits per heavy atom. The lowest BCUT2D eigenvalue weighted by atomic mass is 9.94. The summed E-state index contributed by atoms with van der Waals surface area (Å²) < 4.78 is 10.5. The highest BCUT2D eigenvalue weighted by Crippen LogP contribution is 2.41. The van der Waals surface area contributed by atoms with Crippen molar-refractivity contribution in [3.8, 4) is 5.75 Å². The van der Waals surface area contributed by atoms with Crippen molar-refractivity contribution in [2.75, 3.05) is 46.4 Å². The number of carbonyl (C=O) groups is 2. The summed E-state index contributed by atoms with van der Waals surface area (Å²) in [5, 5.41) is 11.5. The van der Waals surface area contributed by atoms with Crippen LogP contribution in [0.1, 0.15) is 17.2 Å². The standard InChI is InChI=1S/C23H25ClN2O5/c1-25(2)16-8-5-14(6-9-16)20-19(22(28)23(29)26(20)11-12-30-3)21(27)17-13-15(24)7-10-18(17)31-4/h5-10,13,20,27H,11-12H2,1-4H3/b21-19+. The van der Waals surface area contributed by atoms with Gasteiger partial charge in [0.25, 0.3) is 11.7 Å². The molecule has 7 nitrogen and oxygen atoms in total. The van der Waals surface area contributed by atoms with Crippen LogP contribution < -0.4 is 9.64 Å². The molecule has 164 valence electrons. The highest BCUT2D eigenvalue weighted by molar-refractivity contribution is 6.46. The molecular weight excluding hydrogens is 420 g/mol. The van der Waals surface area contributed by atoms with Crippen molar-refractivity contribution in [2.45, 2.75) is 6.04 Å². The molecule has 1 amide bonds. The minimum atomic E-state index is -0.768. The van der Waals surface area contributed by atoms with Crippen molar-refractivity contribution in [2.24, 2.45) is 0 Å². The van der Waals surface area contributed by atoms with Gasteiger partial charge in [-0.2, -0.15) is 0 Å². The Morgan fingerprint density at radius 3 is 2.39 bits per heavy atom. The van der Waals surface area contributed by atoms with Gasteiger partial charge in [-0.1, -0.05) is 23.7 Å². The molecule has 3 rings (SSSR count). The Kier molecular flexibility index (Phi) is 6.87. The summed E-state index contributed by atoms with van der Waals surface area (Å²) in [6, 6.07) is 11.4. The van der Waals surface area contributed by atoms with Crippen LogP contribution in [0, 0.1) is 0 Å². The molecule has 2 aromatic rings. The van der Waals surface area contributed by atoms with Crippen LogP contribution in [-0.4, -0.2) is 63.2 Å². The number of Topliss-reactive ketones (excluding diaryl/α,β-unsaturated/α-hetero) is 1. The number of nitrogens with zero attached hydrogens (tertiary/aromatic N) is 2. The van der Waals surface area contributed by atoms with Crippen LogP contribution in [0.5, 0.6) is 5.75 Å². The fourth-order valence-electron chi connectivity index (χ4n) is 3.61. The summed E-state index contributed by atoms with van der Waals surface area (Å²) >= 11 is 6.11. The van der Waals surface area contributed by atoms with Crippen molar-refractivity contribution in [1.29, 1.82) is 0 Å². The number of anilines is 1. The molecule has 0 radical (unpaired) electrons. The third-order valence-corrected chi connectivity index (χ3v) is 5.45. The van der Waals surface area contributed by atoms with Crippen LogP contribution in [0.3, 0.4) is 0 Å². The number of aliphatic hydroxyl groups excluding tert-OH is 1. The lowest BCUT2D eigenvalue weighted by Crippen LogP contribution is -2.32. The zero-order chi connectivity index (χ0) is 22.7. The van der Waals surface area contributed by atoms with Crippen molar-refractivity contribution in [3.05, 3.63) is 64.2 Å². The van der Waals surface area contributed by atoms with E-state index < -0.39 is 17.7 Å². The Balaban J connectivity index is 2.20. The van der Waals surface area contributed by atoms with Gasteiger partial charge >= 0.3 is 0 Å². The largest absolute Gasteiger partial charge is 0.507 e. The average Bonchev–Trinajstić information content (AvgIpc) is 3.01.